The third-order valence-electron chi connectivity index (χ3n) is 5.03. The van der Waals surface area contributed by atoms with Gasteiger partial charge in [0, 0.05) is 12.4 Å². The highest BCUT2D eigenvalue weighted by Crippen LogP contribution is 2.22. The van der Waals surface area contributed by atoms with Crippen LogP contribution in [0.1, 0.15) is 20.7 Å². The second-order valence-corrected chi connectivity index (χ2v) is 7.19. The van der Waals surface area contributed by atoms with Crippen LogP contribution in [0.25, 0.3) is 11.1 Å². The number of carbonyl (C=O) groups is 2. The van der Waals surface area contributed by atoms with Crippen LogP contribution in [-0.2, 0) is 6.54 Å². The van der Waals surface area contributed by atoms with Crippen molar-refractivity contribution in [2.75, 3.05) is 0 Å². The molecule has 0 saturated heterocycles. The summed E-state index contributed by atoms with van der Waals surface area (Å²) >= 11 is 0. The lowest BCUT2D eigenvalue weighted by atomic mass is 10.0. The van der Waals surface area contributed by atoms with E-state index in [2.05, 4.69) is 10.3 Å². The number of hydrogen-bond donors (Lipinski definition) is 1. The lowest BCUT2D eigenvalue weighted by Gasteiger charge is -2.19. The van der Waals surface area contributed by atoms with E-state index in [1.54, 1.807) is 16.8 Å². The number of imidazole rings is 1. The van der Waals surface area contributed by atoms with Gasteiger partial charge in [0.2, 0.25) is 0 Å². The monoisotopic (exact) mass is 431 g/mol. The van der Waals surface area contributed by atoms with Crippen LogP contribution in [-0.4, -0.2) is 27.3 Å². The molecule has 0 aliphatic rings. The van der Waals surface area contributed by atoms with Crippen molar-refractivity contribution in [3.63, 3.8) is 0 Å². The zero-order chi connectivity index (χ0) is 22.5. The van der Waals surface area contributed by atoms with Gasteiger partial charge >= 0.3 is 0 Å². The van der Waals surface area contributed by atoms with Crippen molar-refractivity contribution in [3.05, 3.63) is 114 Å². The predicted octanol–water partition coefficient (Wildman–Crippen LogP) is 4.51. The third-order valence-corrected chi connectivity index (χ3v) is 5.03. The van der Waals surface area contributed by atoms with Gasteiger partial charge in [-0.05, 0) is 35.4 Å². The van der Waals surface area contributed by atoms with Gasteiger partial charge in [-0.25, -0.2) is 13.8 Å². The Morgan fingerprint density at radius 1 is 0.875 bits per heavy atom. The first-order valence-corrected chi connectivity index (χ1v) is 9.93. The summed E-state index contributed by atoms with van der Waals surface area (Å²) in [5, 5.41) is 2.55. The average Bonchev–Trinajstić information content (AvgIpc) is 3.32. The SMILES string of the molecule is O=C(NC(Cn1ccnc1)C(=O)c1ccccc1F)c1ccc(-c2ccccc2)cc1F. The van der Waals surface area contributed by atoms with E-state index >= 15 is 0 Å². The third kappa shape index (κ3) is 4.62. The molecule has 1 N–H and O–H groups in total. The summed E-state index contributed by atoms with van der Waals surface area (Å²) in [7, 11) is 0. The Balaban J connectivity index is 1.60. The minimum Gasteiger partial charge on any atom is -0.340 e. The Morgan fingerprint density at radius 2 is 1.62 bits per heavy atom. The van der Waals surface area contributed by atoms with Crippen molar-refractivity contribution in [2.24, 2.45) is 0 Å². The van der Waals surface area contributed by atoms with Gasteiger partial charge < -0.3 is 9.88 Å². The molecule has 0 bridgehead atoms. The van der Waals surface area contributed by atoms with Gasteiger partial charge in [-0.3, -0.25) is 9.59 Å². The highest BCUT2D eigenvalue weighted by Gasteiger charge is 2.26. The lowest BCUT2D eigenvalue weighted by Crippen LogP contribution is -2.44. The van der Waals surface area contributed by atoms with Gasteiger partial charge in [0.15, 0.2) is 5.78 Å². The molecule has 7 heteroatoms. The van der Waals surface area contributed by atoms with Gasteiger partial charge in [0.25, 0.3) is 5.91 Å². The first-order chi connectivity index (χ1) is 15.5. The van der Waals surface area contributed by atoms with Crippen molar-refractivity contribution in [1.82, 2.24) is 14.9 Å². The van der Waals surface area contributed by atoms with E-state index in [1.165, 1.54) is 48.9 Å². The fraction of sp³-hybridized carbons (Fsp3) is 0.0800. The highest BCUT2D eigenvalue weighted by molar-refractivity contribution is 6.04. The highest BCUT2D eigenvalue weighted by atomic mass is 19.1. The Labute approximate surface area is 183 Å². The minimum atomic E-state index is -1.12. The van der Waals surface area contributed by atoms with Crippen LogP contribution in [0.15, 0.2) is 91.5 Å². The molecule has 0 fully saturated rings. The smallest absolute Gasteiger partial charge is 0.254 e. The number of aromatic nitrogens is 2. The number of amides is 1. The zero-order valence-corrected chi connectivity index (χ0v) is 16.9. The van der Waals surface area contributed by atoms with E-state index in [1.807, 2.05) is 30.3 Å². The second-order valence-electron chi connectivity index (χ2n) is 7.19. The summed E-state index contributed by atoms with van der Waals surface area (Å²) < 4.78 is 30.6. The van der Waals surface area contributed by atoms with Crippen molar-refractivity contribution < 1.29 is 18.4 Å². The molecule has 1 heterocycles. The Kier molecular flexibility index (Phi) is 6.17. The number of rotatable bonds is 7. The van der Waals surface area contributed by atoms with Gasteiger partial charge in [-0.1, -0.05) is 48.5 Å². The molecule has 1 unspecified atom stereocenters. The minimum absolute atomic E-state index is 0.0165. The van der Waals surface area contributed by atoms with Crippen LogP contribution in [0.5, 0.6) is 0 Å². The van der Waals surface area contributed by atoms with Crippen molar-refractivity contribution in [3.8, 4) is 11.1 Å². The largest absolute Gasteiger partial charge is 0.340 e. The maximum Gasteiger partial charge on any atom is 0.254 e. The quantitative estimate of drug-likeness (QED) is 0.438. The number of nitrogens with zero attached hydrogens (tertiary/aromatic N) is 2. The number of ketones is 1. The molecule has 3 aromatic carbocycles. The second kappa shape index (κ2) is 9.34. The molecule has 0 aliphatic carbocycles. The van der Waals surface area contributed by atoms with Crippen LogP contribution in [0.3, 0.4) is 0 Å². The molecule has 4 aromatic rings. The predicted molar refractivity (Wildman–Crippen MR) is 116 cm³/mol. The maximum atomic E-state index is 14.8. The lowest BCUT2D eigenvalue weighted by molar-refractivity contribution is 0.0843. The molecule has 160 valence electrons. The van der Waals surface area contributed by atoms with E-state index in [-0.39, 0.29) is 17.7 Å². The van der Waals surface area contributed by atoms with E-state index < -0.39 is 29.4 Å². The number of hydrogen-bond acceptors (Lipinski definition) is 3. The Morgan fingerprint density at radius 3 is 2.31 bits per heavy atom. The van der Waals surface area contributed by atoms with Crippen LogP contribution in [0.2, 0.25) is 0 Å². The molecule has 0 saturated carbocycles. The molecule has 0 radical (unpaired) electrons. The standard InChI is InChI=1S/C25H19F2N3O2/c26-21-9-5-4-8-19(21)24(31)23(15-30-13-12-28-16-30)29-25(32)20-11-10-18(14-22(20)27)17-6-2-1-3-7-17/h1-14,16,23H,15H2,(H,29,32). The summed E-state index contributed by atoms with van der Waals surface area (Å²) in [6, 6.07) is 17.9. The van der Waals surface area contributed by atoms with Crippen LogP contribution in [0, 0.1) is 11.6 Å². The number of carbonyl (C=O) groups excluding carboxylic acids is 2. The molecule has 1 aromatic heterocycles. The van der Waals surface area contributed by atoms with Crippen molar-refractivity contribution in [2.45, 2.75) is 12.6 Å². The summed E-state index contributed by atoms with van der Waals surface area (Å²) in [5.41, 5.74) is 1.07. The van der Waals surface area contributed by atoms with E-state index in [4.69, 9.17) is 0 Å². The number of halogens is 2. The van der Waals surface area contributed by atoms with Crippen LogP contribution in [0.4, 0.5) is 8.78 Å². The molecule has 0 spiro atoms. The normalized spacial score (nSPS) is 11.7. The average molecular weight is 431 g/mol. The molecule has 1 atom stereocenters. The summed E-state index contributed by atoms with van der Waals surface area (Å²) in [5.74, 6) is -2.80. The molecule has 5 nitrogen and oxygen atoms in total. The topological polar surface area (TPSA) is 64.0 Å². The zero-order valence-electron chi connectivity index (χ0n) is 16.9. The first-order valence-electron chi connectivity index (χ1n) is 9.93. The number of Topliss-reactive ketones (excluding diaryl/α,β-unsaturated/α-hetero) is 1. The van der Waals surface area contributed by atoms with Crippen molar-refractivity contribution >= 4 is 11.7 Å². The van der Waals surface area contributed by atoms with Gasteiger partial charge in [-0.2, -0.15) is 0 Å². The van der Waals surface area contributed by atoms with Gasteiger partial charge in [-0.15, -0.1) is 0 Å². The summed E-state index contributed by atoms with van der Waals surface area (Å²) in [6.45, 7) is 0.0165. The van der Waals surface area contributed by atoms with E-state index in [0.29, 0.717) is 5.56 Å². The molecule has 0 aliphatic heterocycles. The fourth-order valence-electron chi connectivity index (χ4n) is 3.39. The molecular weight excluding hydrogens is 412 g/mol. The number of benzene rings is 3. The molecular formula is C25H19F2N3O2. The Hall–Kier alpha value is -4.13. The number of nitrogens with one attached hydrogen (secondary N) is 1. The van der Waals surface area contributed by atoms with E-state index in [0.717, 1.165) is 5.56 Å². The first kappa shape index (κ1) is 21.1. The summed E-state index contributed by atoms with van der Waals surface area (Å²) in [6.07, 6.45) is 4.61. The van der Waals surface area contributed by atoms with Crippen LogP contribution < -0.4 is 5.32 Å². The maximum absolute atomic E-state index is 14.8. The van der Waals surface area contributed by atoms with Gasteiger partial charge in [0.1, 0.15) is 17.7 Å². The van der Waals surface area contributed by atoms with Crippen molar-refractivity contribution in [1.29, 1.82) is 0 Å². The van der Waals surface area contributed by atoms with Crippen LogP contribution >= 0.6 is 0 Å². The molecule has 4 rings (SSSR count). The summed E-state index contributed by atoms with van der Waals surface area (Å²) in [4.78, 5) is 29.8. The Bertz CT molecular complexity index is 1240. The fourth-order valence-corrected chi connectivity index (χ4v) is 3.39. The van der Waals surface area contributed by atoms with E-state index in [9.17, 15) is 18.4 Å². The molecule has 1 amide bonds. The van der Waals surface area contributed by atoms with Gasteiger partial charge in [0.05, 0.1) is 24.0 Å². The molecule has 32 heavy (non-hydrogen) atoms.